The van der Waals surface area contributed by atoms with Gasteiger partial charge in [-0.15, -0.1) is 0 Å². The molecule has 0 aliphatic carbocycles. The van der Waals surface area contributed by atoms with Crippen LogP contribution in [0.25, 0.3) is 0 Å². The Labute approximate surface area is 73.5 Å². The molecule has 0 aliphatic heterocycles. The fourth-order valence-electron chi connectivity index (χ4n) is 0.338. The van der Waals surface area contributed by atoms with Crippen LogP contribution in [0.15, 0.2) is 24.7 Å². The van der Waals surface area contributed by atoms with E-state index < -0.39 is 30.2 Å². The average Bonchev–Trinajstić information content (AvgIpc) is 2.03. The Morgan fingerprint density at radius 1 is 1.07 bits per heavy atom. The second kappa shape index (κ2) is 3.89. The minimum Gasteiger partial charge on any atom is -0.397 e. The lowest BCUT2D eigenvalue weighted by Crippen LogP contribution is -2.40. The van der Waals surface area contributed by atoms with Crippen LogP contribution >= 0.6 is 0 Å². The third-order valence-corrected chi connectivity index (χ3v) is 1.01. The van der Waals surface area contributed by atoms with Crippen LogP contribution in [0.5, 0.6) is 0 Å². The highest BCUT2D eigenvalue weighted by Gasteiger charge is 2.58. The van der Waals surface area contributed by atoms with Crippen LogP contribution in [0.4, 0.5) is 30.7 Å². The Kier molecular flexibility index (Phi) is 3.55. The predicted octanol–water partition coefficient (Wildman–Crippen LogP) is 3.45. The van der Waals surface area contributed by atoms with Gasteiger partial charge in [-0.25, -0.2) is 0 Å². The maximum atomic E-state index is 12.2. The van der Waals surface area contributed by atoms with Gasteiger partial charge in [0.05, 0.1) is 0 Å². The van der Waals surface area contributed by atoms with Crippen molar-refractivity contribution in [3.63, 3.8) is 0 Å². The number of ether oxygens (including phenoxy) is 1. The molecule has 0 saturated heterocycles. The molecule has 0 N–H and O–H groups in total. The summed E-state index contributed by atoms with van der Waals surface area (Å²) in [6.45, 7) is 2.31. The molecule has 0 unspecified atom stereocenters. The molecule has 0 bridgehead atoms. The van der Waals surface area contributed by atoms with Crippen molar-refractivity contribution in [3.8, 4) is 0 Å². The minimum atomic E-state index is -5.41. The van der Waals surface area contributed by atoms with Gasteiger partial charge in [0.2, 0.25) is 0 Å². The second-order valence-corrected chi connectivity index (χ2v) is 1.98. The maximum absolute atomic E-state index is 12.2. The van der Waals surface area contributed by atoms with E-state index in [2.05, 4.69) is 11.3 Å². The fourth-order valence-corrected chi connectivity index (χ4v) is 0.338. The van der Waals surface area contributed by atoms with Gasteiger partial charge in [-0.1, -0.05) is 6.58 Å². The van der Waals surface area contributed by atoms with Gasteiger partial charge < -0.3 is 4.74 Å². The molecular weight excluding hydrogens is 221 g/mol. The highest BCUT2D eigenvalue weighted by molar-refractivity contribution is 4.96. The van der Waals surface area contributed by atoms with Gasteiger partial charge in [0.15, 0.2) is 0 Å². The van der Waals surface area contributed by atoms with Crippen LogP contribution in [-0.2, 0) is 4.74 Å². The summed E-state index contributed by atoms with van der Waals surface area (Å²) in [5.74, 6) is -4.94. The molecule has 0 aromatic carbocycles. The summed E-state index contributed by atoms with van der Waals surface area (Å²) in [6, 6.07) is -3.06. The van der Waals surface area contributed by atoms with Gasteiger partial charge >= 0.3 is 24.1 Å². The van der Waals surface area contributed by atoms with E-state index >= 15 is 0 Å². The lowest BCUT2D eigenvalue weighted by molar-refractivity contribution is -0.322. The number of rotatable bonds is 4. The summed E-state index contributed by atoms with van der Waals surface area (Å²) in [6.07, 6.45) is -9.22. The summed E-state index contributed by atoms with van der Waals surface area (Å²) in [5, 5.41) is 0. The van der Waals surface area contributed by atoms with Crippen LogP contribution in [0.3, 0.4) is 0 Å². The molecule has 0 atom stereocenters. The summed E-state index contributed by atoms with van der Waals surface area (Å²) in [4.78, 5) is 0. The predicted molar refractivity (Wildman–Crippen MR) is 31.5 cm³/mol. The highest BCUT2D eigenvalue weighted by atomic mass is 19.3. The van der Waals surface area contributed by atoms with E-state index in [0.29, 0.717) is 0 Å². The van der Waals surface area contributed by atoms with Gasteiger partial charge in [0.25, 0.3) is 0 Å². The highest BCUT2D eigenvalue weighted by Crippen LogP contribution is 2.38. The van der Waals surface area contributed by atoms with Crippen LogP contribution in [0.2, 0.25) is 0 Å². The van der Waals surface area contributed by atoms with Crippen LogP contribution in [0.1, 0.15) is 0 Å². The first-order valence-electron chi connectivity index (χ1n) is 2.93. The summed E-state index contributed by atoms with van der Waals surface area (Å²) in [5.41, 5.74) is 0. The van der Waals surface area contributed by atoms with Gasteiger partial charge in [0, 0.05) is 0 Å². The molecule has 0 spiro atoms. The quantitative estimate of drug-likeness (QED) is 0.403. The fraction of sp³-hybridized carbons (Fsp3) is 0.333. The van der Waals surface area contributed by atoms with Gasteiger partial charge in [-0.05, 0) is 6.08 Å². The van der Waals surface area contributed by atoms with Crippen LogP contribution in [0, 0.1) is 0 Å². The molecule has 0 aliphatic rings. The monoisotopic (exact) mass is 224 g/mol. The molecule has 0 amide bonds. The first kappa shape index (κ1) is 12.8. The number of hydrogen-bond donors (Lipinski definition) is 0. The molecule has 14 heavy (non-hydrogen) atoms. The molecule has 0 radical (unpaired) electrons. The Morgan fingerprint density at radius 3 is 1.79 bits per heavy atom. The standard InChI is InChI=1S/C6H3F7O/c1-2-5(10,11)6(12,13)14-4(9)3(7)8/h2H,1H2. The van der Waals surface area contributed by atoms with E-state index in [9.17, 15) is 30.7 Å². The SMILES string of the molecule is C=CC(F)(F)C(F)(F)OC(F)=C(F)F. The van der Waals surface area contributed by atoms with E-state index in [4.69, 9.17) is 0 Å². The summed E-state index contributed by atoms with van der Waals surface area (Å²) < 4.78 is 85.2. The Balaban J connectivity index is 4.83. The smallest absolute Gasteiger partial charge is 0.397 e. The molecular formula is C6H3F7O. The van der Waals surface area contributed by atoms with E-state index in [-0.39, 0.29) is 0 Å². The average molecular weight is 224 g/mol. The molecule has 0 aromatic heterocycles. The lowest BCUT2D eigenvalue weighted by Gasteiger charge is -2.22. The number of halogens is 7. The molecule has 1 nitrogen and oxygen atoms in total. The zero-order chi connectivity index (χ0) is 11.6. The third-order valence-electron chi connectivity index (χ3n) is 1.01. The van der Waals surface area contributed by atoms with Crippen molar-refractivity contribution in [1.82, 2.24) is 0 Å². The van der Waals surface area contributed by atoms with Crippen molar-refractivity contribution in [2.45, 2.75) is 12.0 Å². The van der Waals surface area contributed by atoms with Crippen molar-refractivity contribution in [2.75, 3.05) is 0 Å². The van der Waals surface area contributed by atoms with Crippen molar-refractivity contribution < 1.29 is 35.5 Å². The zero-order valence-electron chi connectivity index (χ0n) is 6.34. The van der Waals surface area contributed by atoms with E-state index in [1.54, 1.807) is 0 Å². The van der Waals surface area contributed by atoms with Crippen molar-refractivity contribution in [2.24, 2.45) is 0 Å². The number of alkyl halides is 4. The van der Waals surface area contributed by atoms with Crippen LogP contribution < -0.4 is 0 Å². The largest absolute Gasteiger partial charge is 0.470 e. The summed E-state index contributed by atoms with van der Waals surface area (Å²) in [7, 11) is 0. The van der Waals surface area contributed by atoms with E-state index in [1.165, 1.54) is 0 Å². The van der Waals surface area contributed by atoms with Gasteiger partial charge in [0.1, 0.15) is 0 Å². The molecule has 0 aromatic rings. The van der Waals surface area contributed by atoms with Crippen molar-refractivity contribution in [1.29, 1.82) is 0 Å². The molecule has 82 valence electrons. The Hall–Kier alpha value is -1.21. The molecule has 8 heteroatoms. The molecule has 0 fully saturated rings. The van der Waals surface area contributed by atoms with Gasteiger partial charge in [-0.3, -0.25) is 0 Å². The first-order chi connectivity index (χ1) is 6.14. The topological polar surface area (TPSA) is 9.23 Å². The molecule has 0 saturated carbocycles. The molecule has 0 heterocycles. The van der Waals surface area contributed by atoms with Crippen molar-refractivity contribution >= 4 is 0 Å². The van der Waals surface area contributed by atoms with Crippen molar-refractivity contribution in [3.05, 3.63) is 24.7 Å². The normalized spacial score (nSPS) is 12.2. The van der Waals surface area contributed by atoms with Crippen LogP contribution in [-0.4, -0.2) is 12.0 Å². The minimum absolute atomic E-state index is 0.545. The van der Waals surface area contributed by atoms with E-state index in [1.807, 2.05) is 0 Å². The first-order valence-corrected chi connectivity index (χ1v) is 2.93. The lowest BCUT2D eigenvalue weighted by atomic mass is 10.3. The number of hydrogen-bond acceptors (Lipinski definition) is 1. The molecule has 0 rings (SSSR count). The third kappa shape index (κ3) is 2.64. The van der Waals surface area contributed by atoms with E-state index in [0.717, 1.165) is 0 Å². The zero-order valence-corrected chi connectivity index (χ0v) is 6.34. The second-order valence-electron chi connectivity index (χ2n) is 1.98. The summed E-state index contributed by atoms with van der Waals surface area (Å²) >= 11 is 0. The maximum Gasteiger partial charge on any atom is 0.470 e. The van der Waals surface area contributed by atoms with Gasteiger partial charge in [-0.2, -0.15) is 30.7 Å². The Morgan fingerprint density at radius 2 is 1.50 bits per heavy atom. The Bertz CT molecular complexity index is 253.